The van der Waals surface area contributed by atoms with Crippen LogP contribution >= 0.6 is 22.7 Å². The Balaban J connectivity index is 2.50. The SMILES string of the molecule is N=c1sc2c(s1)CCCC2. The van der Waals surface area contributed by atoms with E-state index in [4.69, 9.17) is 5.41 Å². The van der Waals surface area contributed by atoms with Crippen LogP contribution in [0, 0.1) is 5.41 Å². The van der Waals surface area contributed by atoms with Crippen LogP contribution in [0.4, 0.5) is 0 Å². The highest BCUT2D eigenvalue weighted by molar-refractivity contribution is 7.27. The van der Waals surface area contributed by atoms with E-state index in [1.165, 1.54) is 35.4 Å². The molecule has 1 N–H and O–H groups in total. The van der Waals surface area contributed by atoms with Crippen LogP contribution in [-0.4, -0.2) is 0 Å². The molecule has 0 bridgehead atoms. The Morgan fingerprint density at radius 1 is 1.00 bits per heavy atom. The number of nitrogens with one attached hydrogen (secondary N) is 1. The molecule has 0 aromatic carbocycles. The van der Waals surface area contributed by atoms with Crippen molar-refractivity contribution in [2.75, 3.05) is 0 Å². The lowest BCUT2D eigenvalue weighted by Gasteiger charge is -2.07. The van der Waals surface area contributed by atoms with Gasteiger partial charge in [0.1, 0.15) is 0 Å². The third-order valence-electron chi connectivity index (χ3n) is 1.80. The van der Waals surface area contributed by atoms with Crippen molar-refractivity contribution in [2.24, 2.45) is 0 Å². The highest BCUT2D eigenvalue weighted by Gasteiger charge is 2.11. The van der Waals surface area contributed by atoms with Crippen LogP contribution in [0.3, 0.4) is 0 Å². The first kappa shape index (κ1) is 6.55. The summed E-state index contributed by atoms with van der Waals surface area (Å²) in [5.74, 6) is 0. The molecular weight excluding hydrogens is 162 g/mol. The lowest BCUT2D eigenvalue weighted by molar-refractivity contribution is 0.705. The molecular formula is C7H9NS2. The van der Waals surface area contributed by atoms with Gasteiger partial charge in [-0.05, 0) is 25.7 Å². The van der Waals surface area contributed by atoms with Crippen molar-refractivity contribution >= 4 is 22.7 Å². The Morgan fingerprint density at radius 3 is 2.00 bits per heavy atom. The molecule has 0 unspecified atom stereocenters. The summed E-state index contributed by atoms with van der Waals surface area (Å²) in [6.07, 6.45) is 5.13. The monoisotopic (exact) mass is 171 g/mol. The number of hydrogen-bond acceptors (Lipinski definition) is 3. The molecule has 1 heterocycles. The van der Waals surface area contributed by atoms with Gasteiger partial charge in [-0.3, -0.25) is 5.41 Å². The maximum absolute atomic E-state index is 7.43. The molecule has 1 aromatic rings. The minimum atomic E-state index is 0.784. The van der Waals surface area contributed by atoms with E-state index in [9.17, 15) is 0 Å². The van der Waals surface area contributed by atoms with Gasteiger partial charge in [-0.15, -0.1) is 22.7 Å². The van der Waals surface area contributed by atoms with Gasteiger partial charge < -0.3 is 0 Å². The average molecular weight is 171 g/mol. The summed E-state index contributed by atoms with van der Waals surface area (Å²) in [7, 11) is 0. The quantitative estimate of drug-likeness (QED) is 0.618. The smallest absolute Gasteiger partial charge is 0.163 e. The molecule has 0 aliphatic heterocycles. The van der Waals surface area contributed by atoms with E-state index in [2.05, 4.69) is 0 Å². The second kappa shape index (κ2) is 2.47. The predicted molar refractivity (Wildman–Crippen MR) is 44.7 cm³/mol. The first-order valence-electron chi connectivity index (χ1n) is 3.52. The summed E-state index contributed by atoms with van der Waals surface area (Å²) in [5.41, 5.74) is 0. The molecule has 0 radical (unpaired) electrons. The standard InChI is InChI=1S/C7H9NS2/c8-7-9-5-3-1-2-4-6(5)10-7/h8H,1-4H2. The molecule has 0 saturated carbocycles. The van der Waals surface area contributed by atoms with Crippen LogP contribution in [0.1, 0.15) is 22.6 Å². The van der Waals surface area contributed by atoms with Gasteiger partial charge in [0.2, 0.25) is 0 Å². The second-order valence-corrected chi connectivity index (χ2v) is 5.01. The lowest BCUT2D eigenvalue weighted by Crippen LogP contribution is -1.95. The molecule has 0 spiro atoms. The zero-order valence-corrected chi connectivity index (χ0v) is 7.28. The molecule has 1 aliphatic carbocycles. The van der Waals surface area contributed by atoms with Crippen LogP contribution in [0.15, 0.2) is 0 Å². The van der Waals surface area contributed by atoms with Gasteiger partial charge in [0.15, 0.2) is 3.98 Å². The van der Waals surface area contributed by atoms with Gasteiger partial charge in [-0.2, -0.15) is 0 Å². The van der Waals surface area contributed by atoms with Crippen LogP contribution in [0.25, 0.3) is 0 Å². The van der Waals surface area contributed by atoms with E-state index in [0.717, 1.165) is 3.98 Å². The van der Waals surface area contributed by atoms with E-state index in [1.54, 1.807) is 22.7 Å². The third-order valence-corrected chi connectivity index (χ3v) is 4.19. The molecule has 0 atom stereocenters. The van der Waals surface area contributed by atoms with Crippen LogP contribution in [0.5, 0.6) is 0 Å². The van der Waals surface area contributed by atoms with Crippen molar-refractivity contribution in [3.8, 4) is 0 Å². The number of rotatable bonds is 0. The molecule has 10 heavy (non-hydrogen) atoms. The molecule has 3 heteroatoms. The number of aryl methyl sites for hydroxylation is 2. The maximum atomic E-state index is 7.43. The first-order valence-corrected chi connectivity index (χ1v) is 5.16. The summed E-state index contributed by atoms with van der Waals surface area (Å²) in [6, 6.07) is 0. The highest BCUT2D eigenvalue weighted by Crippen LogP contribution is 2.25. The average Bonchev–Trinajstić information content (AvgIpc) is 2.27. The van der Waals surface area contributed by atoms with Crippen molar-refractivity contribution in [3.05, 3.63) is 13.7 Å². The van der Waals surface area contributed by atoms with E-state index in [1.807, 2.05) is 0 Å². The Kier molecular flexibility index (Phi) is 1.62. The van der Waals surface area contributed by atoms with E-state index in [-0.39, 0.29) is 0 Å². The predicted octanol–water partition coefficient (Wildman–Crippen LogP) is 2.17. The van der Waals surface area contributed by atoms with E-state index in [0.29, 0.717) is 0 Å². The van der Waals surface area contributed by atoms with Gasteiger partial charge in [-0.1, -0.05) is 0 Å². The van der Waals surface area contributed by atoms with Crippen LogP contribution in [-0.2, 0) is 12.8 Å². The van der Waals surface area contributed by atoms with Crippen LogP contribution in [0.2, 0.25) is 0 Å². The van der Waals surface area contributed by atoms with E-state index < -0.39 is 0 Å². The van der Waals surface area contributed by atoms with Crippen molar-refractivity contribution in [2.45, 2.75) is 25.7 Å². The molecule has 2 rings (SSSR count). The fourth-order valence-corrected chi connectivity index (χ4v) is 3.70. The lowest BCUT2D eigenvalue weighted by atomic mass is 10.1. The second-order valence-electron chi connectivity index (χ2n) is 2.55. The molecule has 1 aliphatic rings. The fourth-order valence-electron chi connectivity index (χ4n) is 1.31. The Hall–Kier alpha value is -0.150. The van der Waals surface area contributed by atoms with Crippen LogP contribution < -0.4 is 3.98 Å². The van der Waals surface area contributed by atoms with Gasteiger partial charge >= 0.3 is 0 Å². The summed E-state index contributed by atoms with van der Waals surface area (Å²) in [4.78, 5) is 2.97. The number of hydrogen-bond donors (Lipinski definition) is 1. The molecule has 54 valence electrons. The summed E-state index contributed by atoms with van der Waals surface area (Å²) >= 11 is 3.35. The summed E-state index contributed by atoms with van der Waals surface area (Å²) < 4.78 is 0.784. The van der Waals surface area contributed by atoms with Gasteiger partial charge in [0, 0.05) is 9.75 Å². The van der Waals surface area contributed by atoms with Gasteiger partial charge in [0.25, 0.3) is 0 Å². The number of fused-ring (bicyclic) bond motifs is 1. The molecule has 1 nitrogen and oxygen atoms in total. The Morgan fingerprint density at radius 2 is 1.50 bits per heavy atom. The first-order chi connectivity index (χ1) is 4.86. The van der Waals surface area contributed by atoms with Crippen molar-refractivity contribution in [3.63, 3.8) is 0 Å². The Bertz CT molecular complexity index is 258. The largest absolute Gasteiger partial charge is 0.281 e. The highest BCUT2D eigenvalue weighted by atomic mass is 32.2. The Labute approximate surface area is 67.9 Å². The van der Waals surface area contributed by atoms with Crippen molar-refractivity contribution < 1.29 is 0 Å². The topological polar surface area (TPSA) is 23.9 Å². The third kappa shape index (κ3) is 1.04. The maximum Gasteiger partial charge on any atom is 0.163 e. The van der Waals surface area contributed by atoms with Crippen molar-refractivity contribution in [1.82, 2.24) is 0 Å². The summed E-state index contributed by atoms with van der Waals surface area (Å²) in [6.45, 7) is 0. The summed E-state index contributed by atoms with van der Waals surface area (Å²) in [5, 5.41) is 7.43. The fraction of sp³-hybridized carbons (Fsp3) is 0.571. The molecule has 0 saturated heterocycles. The molecule has 0 amide bonds. The molecule has 0 fully saturated rings. The van der Waals surface area contributed by atoms with Gasteiger partial charge in [0.05, 0.1) is 0 Å². The normalized spacial score (nSPS) is 16.8. The zero-order chi connectivity index (χ0) is 6.97. The minimum absolute atomic E-state index is 0.784. The minimum Gasteiger partial charge on any atom is -0.281 e. The van der Waals surface area contributed by atoms with Gasteiger partial charge in [-0.25, -0.2) is 0 Å². The van der Waals surface area contributed by atoms with E-state index >= 15 is 0 Å². The van der Waals surface area contributed by atoms with Crippen molar-refractivity contribution in [1.29, 1.82) is 5.41 Å². The molecule has 1 aromatic heterocycles. The zero-order valence-electron chi connectivity index (χ0n) is 5.64.